The molecule has 0 aliphatic heterocycles. The highest BCUT2D eigenvalue weighted by molar-refractivity contribution is 5.94. The summed E-state index contributed by atoms with van der Waals surface area (Å²) in [7, 11) is 0. The lowest BCUT2D eigenvalue weighted by Gasteiger charge is -2.26. The number of H-pyrrole nitrogens is 1. The predicted octanol–water partition coefficient (Wildman–Crippen LogP) is -2.28. The number of carboxylic acid groups (broad SMARTS) is 2. The van der Waals surface area contributed by atoms with Gasteiger partial charge in [-0.15, -0.1) is 0 Å². The van der Waals surface area contributed by atoms with Crippen molar-refractivity contribution in [1.82, 2.24) is 25.9 Å². The van der Waals surface area contributed by atoms with E-state index in [-0.39, 0.29) is 18.8 Å². The maximum Gasteiger partial charge on any atom is 0.328 e. The van der Waals surface area contributed by atoms with Crippen LogP contribution >= 0.6 is 0 Å². The van der Waals surface area contributed by atoms with Crippen LogP contribution in [0.3, 0.4) is 0 Å². The Morgan fingerprint density at radius 2 is 1.59 bits per heavy atom. The van der Waals surface area contributed by atoms with E-state index in [1.54, 1.807) is 13.8 Å². The van der Waals surface area contributed by atoms with E-state index >= 15 is 0 Å². The summed E-state index contributed by atoms with van der Waals surface area (Å²) in [5, 5.41) is 34.7. The number of carbonyl (C=O) groups excluding carboxylic acids is 3. The van der Waals surface area contributed by atoms with Crippen LogP contribution in [0.5, 0.6) is 0 Å². The minimum Gasteiger partial charge on any atom is -0.481 e. The number of carboxylic acids is 2. The second kappa shape index (κ2) is 13.3. The molecule has 0 radical (unpaired) electrons. The van der Waals surface area contributed by atoms with E-state index in [1.165, 1.54) is 12.5 Å². The summed E-state index contributed by atoms with van der Waals surface area (Å²) in [5.41, 5.74) is 6.34. The summed E-state index contributed by atoms with van der Waals surface area (Å²) in [6.07, 6.45) is 0.430. The van der Waals surface area contributed by atoms with E-state index in [0.717, 1.165) is 6.92 Å². The first kappa shape index (κ1) is 28.5. The molecular formula is C20H32N6O8. The third kappa shape index (κ3) is 9.15. The number of aromatic nitrogens is 2. The monoisotopic (exact) mass is 484 g/mol. The number of nitrogens with two attached hydrogens (primary N) is 1. The lowest BCUT2D eigenvalue weighted by molar-refractivity contribution is -0.145. The quantitative estimate of drug-likeness (QED) is 0.141. The number of aliphatic carboxylic acids is 2. The van der Waals surface area contributed by atoms with Gasteiger partial charge in [-0.25, -0.2) is 9.78 Å². The van der Waals surface area contributed by atoms with Crippen LogP contribution in [-0.4, -0.2) is 85.2 Å². The van der Waals surface area contributed by atoms with Gasteiger partial charge in [-0.2, -0.15) is 0 Å². The molecule has 1 rings (SSSR count). The molecule has 0 saturated heterocycles. The van der Waals surface area contributed by atoms with Gasteiger partial charge in [0.05, 0.1) is 18.5 Å². The number of aromatic amines is 1. The fourth-order valence-corrected chi connectivity index (χ4v) is 2.85. The van der Waals surface area contributed by atoms with Crippen molar-refractivity contribution >= 4 is 29.7 Å². The number of nitrogens with one attached hydrogen (secondary N) is 4. The summed E-state index contributed by atoms with van der Waals surface area (Å²) in [6, 6.07) is -5.25. The summed E-state index contributed by atoms with van der Waals surface area (Å²) in [5.74, 6) is -5.43. The van der Waals surface area contributed by atoms with Crippen molar-refractivity contribution in [2.45, 2.75) is 70.3 Å². The van der Waals surface area contributed by atoms with Crippen molar-refractivity contribution < 1.29 is 39.3 Å². The Kier molecular flexibility index (Phi) is 11.1. The summed E-state index contributed by atoms with van der Waals surface area (Å²) in [4.78, 5) is 67.1. The SMILES string of the molecule is CC(C)C(N)C(=O)NC(Cc1cnc[nH]1)C(=O)NC(CCC(=O)O)C(=O)NC(C(=O)O)C(C)O. The van der Waals surface area contributed by atoms with Crippen LogP contribution in [-0.2, 0) is 30.4 Å². The number of aliphatic hydroxyl groups is 1. The smallest absolute Gasteiger partial charge is 0.328 e. The van der Waals surface area contributed by atoms with Crippen molar-refractivity contribution in [3.8, 4) is 0 Å². The molecule has 1 heterocycles. The van der Waals surface area contributed by atoms with Crippen LogP contribution in [0.1, 0.15) is 39.3 Å². The maximum absolute atomic E-state index is 13.0. The van der Waals surface area contributed by atoms with Gasteiger partial charge in [0.2, 0.25) is 17.7 Å². The largest absolute Gasteiger partial charge is 0.481 e. The van der Waals surface area contributed by atoms with E-state index < -0.39 is 66.4 Å². The van der Waals surface area contributed by atoms with Crippen molar-refractivity contribution in [2.75, 3.05) is 0 Å². The van der Waals surface area contributed by atoms with Gasteiger partial charge in [0, 0.05) is 24.7 Å². The van der Waals surface area contributed by atoms with Crippen LogP contribution < -0.4 is 21.7 Å². The number of imidazole rings is 1. The third-order valence-electron chi connectivity index (χ3n) is 4.96. The van der Waals surface area contributed by atoms with Gasteiger partial charge in [0.25, 0.3) is 0 Å². The van der Waals surface area contributed by atoms with Crippen molar-refractivity contribution in [3.63, 3.8) is 0 Å². The molecule has 3 amide bonds. The van der Waals surface area contributed by atoms with E-state index in [2.05, 4.69) is 25.9 Å². The molecule has 5 unspecified atom stereocenters. The van der Waals surface area contributed by atoms with Gasteiger partial charge in [-0.1, -0.05) is 13.8 Å². The molecule has 0 fully saturated rings. The first-order chi connectivity index (χ1) is 15.8. The van der Waals surface area contributed by atoms with E-state index in [0.29, 0.717) is 5.69 Å². The Bertz CT molecular complexity index is 857. The number of hydrogen-bond donors (Lipinski definition) is 8. The summed E-state index contributed by atoms with van der Waals surface area (Å²) < 4.78 is 0. The van der Waals surface area contributed by atoms with Crippen LogP contribution in [0.15, 0.2) is 12.5 Å². The first-order valence-electron chi connectivity index (χ1n) is 10.6. The van der Waals surface area contributed by atoms with Crippen LogP contribution in [0.25, 0.3) is 0 Å². The number of rotatable bonds is 14. The zero-order valence-electron chi connectivity index (χ0n) is 19.1. The molecule has 0 aliphatic rings. The number of aliphatic hydroxyl groups excluding tert-OH is 1. The molecule has 14 nitrogen and oxygen atoms in total. The van der Waals surface area contributed by atoms with E-state index in [9.17, 15) is 34.2 Å². The maximum atomic E-state index is 13.0. The molecule has 0 bridgehead atoms. The minimum absolute atomic E-state index is 0.0406. The third-order valence-corrected chi connectivity index (χ3v) is 4.96. The van der Waals surface area contributed by atoms with E-state index in [4.69, 9.17) is 10.8 Å². The predicted molar refractivity (Wildman–Crippen MR) is 117 cm³/mol. The van der Waals surface area contributed by atoms with Crippen molar-refractivity contribution in [2.24, 2.45) is 11.7 Å². The molecule has 0 saturated carbocycles. The highest BCUT2D eigenvalue weighted by Crippen LogP contribution is 2.06. The Balaban J connectivity index is 3.09. The Hall–Kier alpha value is -3.52. The average molecular weight is 485 g/mol. The zero-order chi connectivity index (χ0) is 26.0. The molecular weight excluding hydrogens is 452 g/mol. The zero-order valence-corrected chi connectivity index (χ0v) is 19.1. The van der Waals surface area contributed by atoms with Crippen LogP contribution in [0.2, 0.25) is 0 Å². The number of carbonyl (C=O) groups is 5. The topological polar surface area (TPSA) is 237 Å². The standard InChI is InChI=1S/C20H32N6O8/c1-9(2)15(21)19(32)25-13(6-11-7-22-8-23-11)18(31)24-12(4-5-14(28)29)17(30)26-16(10(3)27)20(33)34/h7-10,12-13,15-16,27H,4-6,21H2,1-3H3,(H,22,23)(H,24,31)(H,25,32)(H,26,30)(H,28,29)(H,33,34). The molecule has 1 aromatic rings. The molecule has 190 valence electrons. The molecule has 1 aromatic heterocycles. The van der Waals surface area contributed by atoms with Crippen molar-refractivity contribution in [1.29, 1.82) is 0 Å². The fraction of sp³-hybridized carbons (Fsp3) is 0.600. The summed E-state index contributed by atoms with van der Waals surface area (Å²) in [6.45, 7) is 4.60. The molecule has 0 aliphatic carbocycles. The van der Waals surface area contributed by atoms with Crippen LogP contribution in [0.4, 0.5) is 0 Å². The van der Waals surface area contributed by atoms with Gasteiger partial charge in [0.1, 0.15) is 12.1 Å². The molecule has 14 heteroatoms. The molecule has 5 atom stereocenters. The highest BCUT2D eigenvalue weighted by Gasteiger charge is 2.32. The second-order valence-corrected chi connectivity index (χ2v) is 8.17. The number of hydrogen-bond acceptors (Lipinski definition) is 8. The van der Waals surface area contributed by atoms with Gasteiger partial charge in [-0.3, -0.25) is 19.2 Å². The van der Waals surface area contributed by atoms with Crippen LogP contribution in [0, 0.1) is 5.92 Å². The van der Waals surface area contributed by atoms with Gasteiger partial charge in [-0.05, 0) is 19.3 Å². The Morgan fingerprint density at radius 1 is 1.00 bits per heavy atom. The Morgan fingerprint density at radius 3 is 2.06 bits per heavy atom. The minimum atomic E-state index is -1.68. The number of amides is 3. The Labute approximate surface area is 195 Å². The van der Waals surface area contributed by atoms with Gasteiger partial charge in [0.15, 0.2) is 6.04 Å². The van der Waals surface area contributed by atoms with E-state index in [1.807, 2.05) is 0 Å². The lowest BCUT2D eigenvalue weighted by atomic mass is 10.0. The highest BCUT2D eigenvalue weighted by atomic mass is 16.4. The van der Waals surface area contributed by atoms with Gasteiger partial charge < -0.3 is 42.0 Å². The molecule has 9 N–H and O–H groups in total. The molecule has 34 heavy (non-hydrogen) atoms. The fourth-order valence-electron chi connectivity index (χ4n) is 2.85. The lowest BCUT2D eigenvalue weighted by Crippen LogP contribution is -2.59. The molecule has 0 spiro atoms. The first-order valence-corrected chi connectivity index (χ1v) is 10.6. The van der Waals surface area contributed by atoms with Crippen molar-refractivity contribution in [3.05, 3.63) is 18.2 Å². The number of nitrogens with zero attached hydrogens (tertiary/aromatic N) is 1. The average Bonchev–Trinajstić information content (AvgIpc) is 3.25. The molecule has 0 aromatic carbocycles. The normalized spacial score (nSPS) is 15.5. The summed E-state index contributed by atoms with van der Waals surface area (Å²) >= 11 is 0. The second-order valence-electron chi connectivity index (χ2n) is 8.17. The van der Waals surface area contributed by atoms with Gasteiger partial charge >= 0.3 is 11.9 Å².